The van der Waals surface area contributed by atoms with Crippen molar-refractivity contribution in [3.8, 4) is 11.3 Å². The van der Waals surface area contributed by atoms with E-state index < -0.39 is 30.6 Å². The first-order chi connectivity index (χ1) is 12.9. The Bertz CT molecular complexity index is 1110. The number of rotatable bonds is 5. The van der Waals surface area contributed by atoms with Crippen molar-refractivity contribution in [2.75, 3.05) is 6.54 Å². The maximum atomic E-state index is 12.3. The van der Waals surface area contributed by atoms with Gasteiger partial charge in [0.25, 0.3) is 11.5 Å². The van der Waals surface area contributed by atoms with Crippen LogP contribution in [0.3, 0.4) is 0 Å². The van der Waals surface area contributed by atoms with Crippen molar-refractivity contribution in [1.82, 2.24) is 20.3 Å². The Morgan fingerprint density at radius 1 is 1.22 bits per heavy atom. The summed E-state index contributed by atoms with van der Waals surface area (Å²) in [6.07, 6.45) is 1.30. The Labute approximate surface area is 156 Å². The average Bonchev–Trinajstić information content (AvgIpc) is 2.64. The summed E-state index contributed by atoms with van der Waals surface area (Å²) < 4.78 is 0. The van der Waals surface area contributed by atoms with Gasteiger partial charge < -0.3 is 20.5 Å². The fraction of sp³-hybridized carbons (Fsp3) is 0.118. The molecule has 10 heteroatoms. The highest BCUT2D eigenvalue weighted by molar-refractivity contribution is 6.29. The van der Waals surface area contributed by atoms with Crippen molar-refractivity contribution in [2.24, 2.45) is 0 Å². The molecular formula is C17H13ClN4O5. The second-order valence-electron chi connectivity index (χ2n) is 5.53. The van der Waals surface area contributed by atoms with Crippen LogP contribution in [0, 0.1) is 0 Å². The minimum absolute atomic E-state index is 0.0821. The molecule has 27 heavy (non-hydrogen) atoms. The van der Waals surface area contributed by atoms with Gasteiger partial charge in [-0.05, 0) is 12.1 Å². The molecule has 3 rings (SSSR count). The summed E-state index contributed by atoms with van der Waals surface area (Å²) >= 11 is 5.88. The summed E-state index contributed by atoms with van der Waals surface area (Å²) in [5.41, 5.74) is 0.562. The highest BCUT2D eigenvalue weighted by atomic mass is 35.5. The predicted octanol–water partition coefficient (Wildman–Crippen LogP) is 0.945. The summed E-state index contributed by atoms with van der Waals surface area (Å²) in [5.74, 6) is -2.14. The van der Waals surface area contributed by atoms with E-state index in [2.05, 4.69) is 20.3 Å². The number of nitrogens with zero attached hydrogens (tertiary/aromatic N) is 2. The highest BCUT2D eigenvalue weighted by Gasteiger charge is 2.20. The van der Waals surface area contributed by atoms with Crippen LogP contribution in [0.5, 0.6) is 0 Å². The normalized spacial score (nSPS) is 10.7. The van der Waals surface area contributed by atoms with Crippen molar-refractivity contribution >= 4 is 34.4 Å². The van der Waals surface area contributed by atoms with Crippen LogP contribution in [0.15, 0.2) is 35.4 Å². The number of hydrogen-bond donors (Lipinski definition) is 4. The number of carbonyl (C=O) groups excluding carboxylic acids is 1. The molecule has 0 bridgehead atoms. The van der Waals surface area contributed by atoms with Gasteiger partial charge in [0.2, 0.25) is 0 Å². The average molecular weight is 389 g/mol. The summed E-state index contributed by atoms with van der Waals surface area (Å²) in [5, 5.41) is 21.3. The minimum atomic E-state index is -1.26. The van der Waals surface area contributed by atoms with E-state index in [-0.39, 0.29) is 16.3 Å². The number of carboxylic acid groups (broad SMARTS) is 1. The maximum Gasteiger partial charge on any atom is 0.322 e. The molecule has 0 aliphatic heterocycles. The molecule has 2 heterocycles. The van der Waals surface area contributed by atoms with Gasteiger partial charge in [-0.25, -0.2) is 9.97 Å². The van der Waals surface area contributed by atoms with Gasteiger partial charge in [-0.15, -0.1) is 0 Å². The monoisotopic (exact) mass is 388 g/mol. The number of amides is 1. The van der Waals surface area contributed by atoms with E-state index in [0.29, 0.717) is 22.2 Å². The van der Waals surface area contributed by atoms with Gasteiger partial charge >= 0.3 is 5.97 Å². The van der Waals surface area contributed by atoms with Crippen LogP contribution in [0.4, 0.5) is 0 Å². The molecule has 0 unspecified atom stereocenters. The lowest BCUT2D eigenvalue weighted by Gasteiger charge is -2.11. The van der Waals surface area contributed by atoms with Gasteiger partial charge in [-0.3, -0.25) is 14.4 Å². The lowest BCUT2D eigenvalue weighted by Crippen LogP contribution is -2.34. The fourth-order valence-corrected chi connectivity index (χ4v) is 2.81. The number of aliphatic hydroxyl groups excluding tert-OH is 1. The number of carbonyl (C=O) groups is 2. The van der Waals surface area contributed by atoms with E-state index in [1.807, 2.05) is 0 Å². The van der Waals surface area contributed by atoms with E-state index in [9.17, 15) is 19.5 Å². The molecule has 0 aliphatic rings. The van der Waals surface area contributed by atoms with E-state index in [1.54, 1.807) is 24.3 Å². The van der Waals surface area contributed by atoms with E-state index >= 15 is 0 Å². The van der Waals surface area contributed by atoms with Crippen molar-refractivity contribution < 1.29 is 19.8 Å². The molecule has 0 radical (unpaired) electrons. The molecule has 3 aromatic rings. The molecule has 0 saturated carbocycles. The molecule has 1 amide bonds. The molecule has 0 saturated heterocycles. The lowest BCUT2D eigenvalue weighted by atomic mass is 10.00. The summed E-state index contributed by atoms with van der Waals surface area (Å²) in [4.78, 5) is 45.7. The summed E-state index contributed by atoms with van der Waals surface area (Å²) in [6.45, 7) is -1.25. The third-order valence-electron chi connectivity index (χ3n) is 3.84. The number of benzene rings is 1. The van der Waals surface area contributed by atoms with Gasteiger partial charge in [0, 0.05) is 28.1 Å². The van der Waals surface area contributed by atoms with Crippen LogP contribution in [-0.2, 0) is 11.4 Å². The number of aliphatic carboxylic acids is 1. The SMILES string of the molecule is O=C(O)CNC(=O)c1c(CO)c2cc(-c3cc(Cl)ncn3)ccc2[nH]c1=O. The van der Waals surface area contributed by atoms with Crippen molar-refractivity contribution in [2.45, 2.75) is 6.61 Å². The smallest absolute Gasteiger partial charge is 0.322 e. The topological polar surface area (TPSA) is 145 Å². The van der Waals surface area contributed by atoms with E-state index in [0.717, 1.165) is 0 Å². The number of aliphatic hydroxyl groups is 1. The number of halogens is 1. The molecule has 0 fully saturated rings. The number of carboxylic acids is 1. The molecule has 138 valence electrons. The second-order valence-corrected chi connectivity index (χ2v) is 5.92. The van der Waals surface area contributed by atoms with Gasteiger partial charge in [0.1, 0.15) is 23.6 Å². The number of nitrogens with one attached hydrogen (secondary N) is 2. The third-order valence-corrected chi connectivity index (χ3v) is 4.04. The molecule has 9 nitrogen and oxygen atoms in total. The van der Waals surface area contributed by atoms with Crippen LogP contribution >= 0.6 is 11.6 Å². The predicted molar refractivity (Wildman–Crippen MR) is 96.5 cm³/mol. The van der Waals surface area contributed by atoms with Crippen LogP contribution in [0.1, 0.15) is 15.9 Å². The number of H-pyrrole nitrogens is 1. The van der Waals surface area contributed by atoms with Gasteiger partial charge in [0.05, 0.1) is 12.3 Å². The first-order valence-electron chi connectivity index (χ1n) is 7.68. The zero-order chi connectivity index (χ0) is 19.6. The Hall–Kier alpha value is -3.30. The largest absolute Gasteiger partial charge is 0.480 e. The molecule has 2 aromatic heterocycles. The zero-order valence-corrected chi connectivity index (χ0v) is 14.4. The number of aromatic amines is 1. The number of aromatic nitrogens is 3. The van der Waals surface area contributed by atoms with Crippen LogP contribution in [0.2, 0.25) is 5.15 Å². The maximum absolute atomic E-state index is 12.3. The zero-order valence-electron chi connectivity index (χ0n) is 13.7. The first kappa shape index (κ1) is 18.5. The van der Waals surface area contributed by atoms with Gasteiger partial charge in [-0.1, -0.05) is 17.7 Å². The van der Waals surface area contributed by atoms with Gasteiger partial charge in [0.15, 0.2) is 0 Å². The van der Waals surface area contributed by atoms with E-state index in [4.69, 9.17) is 16.7 Å². The molecule has 1 aromatic carbocycles. The highest BCUT2D eigenvalue weighted by Crippen LogP contribution is 2.26. The van der Waals surface area contributed by atoms with Crippen molar-refractivity contribution in [3.63, 3.8) is 0 Å². The summed E-state index contributed by atoms with van der Waals surface area (Å²) in [7, 11) is 0. The minimum Gasteiger partial charge on any atom is -0.480 e. The lowest BCUT2D eigenvalue weighted by molar-refractivity contribution is -0.135. The second kappa shape index (κ2) is 7.52. The summed E-state index contributed by atoms with van der Waals surface area (Å²) in [6, 6.07) is 6.50. The molecule has 4 N–H and O–H groups in total. The Kier molecular flexibility index (Phi) is 5.15. The standard InChI is InChI=1S/C17H13ClN4O5/c18-13-4-12(20-7-21-13)8-1-2-11-9(3-8)10(6-23)15(17(27)22-11)16(26)19-5-14(24)25/h1-4,7,23H,5-6H2,(H,19,26)(H,22,27)(H,24,25). The third kappa shape index (κ3) is 3.78. The Morgan fingerprint density at radius 3 is 2.67 bits per heavy atom. The van der Waals surface area contributed by atoms with Crippen LogP contribution < -0.4 is 10.9 Å². The Morgan fingerprint density at radius 2 is 2.00 bits per heavy atom. The van der Waals surface area contributed by atoms with Crippen molar-refractivity contribution in [1.29, 1.82) is 0 Å². The molecular weight excluding hydrogens is 376 g/mol. The molecule has 0 spiro atoms. The fourth-order valence-electron chi connectivity index (χ4n) is 2.66. The molecule has 0 aliphatic carbocycles. The van der Waals surface area contributed by atoms with Crippen LogP contribution in [0.25, 0.3) is 22.2 Å². The number of hydrogen-bond acceptors (Lipinski definition) is 6. The number of pyridine rings is 1. The first-order valence-corrected chi connectivity index (χ1v) is 8.06. The molecule has 0 atom stereocenters. The van der Waals surface area contributed by atoms with Crippen LogP contribution in [-0.4, -0.2) is 43.6 Å². The van der Waals surface area contributed by atoms with Crippen molar-refractivity contribution in [3.05, 3.63) is 57.2 Å². The Balaban J connectivity index is 2.17. The quantitative estimate of drug-likeness (QED) is 0.476. The van der Waals surface area contributed by atoms with E-state index in [1.165, 1.54) is 6.33 Å². The van der Waals surface area contributed by atoms with Gasteiger partial charge in [-0.2, -0.15) is 0 Å². The number of fused-ring (bicyclic) bond motifs is 1.